The fraction of sp³-hybridized carbons (Fsp3) is 0.650. The van der Waals surface area contributed by atoms with Crippen molar-refractivity contribution in [2.24, 2.45) is 10.7 Å². The Bertz CT molecular complexity index is 498. The number of piperidine rings is 1. The molecule has 0 saturated carbocycles. The van der Waals surface area contributed by atoms with Gasteiger partial charge in [-0.1, -0.05) is 48.3 Å². The molecule has 5 heteroatoms. The van der Waals surface area contributed by atoms with Gasteiger partial charge in [0, 0.05) is 17.3 Å². The zero-order chi connectivity index (χ0) is 17.7. The molecule has 0 atom stereocenters. The average molecular weight is 382 g/mol. The number of nitrogens with zero attached hydrogens (tertiary/aromatic N) is 2. The van der Waals surface area contributed by atoms with E-state index in [0.717, 1.165) is 35.3 Å². The smallest absolute Gasteiger partial charge is 0.153 e. The number of benzene rings is 1. The molecule has 0 aromatic heterocycles. The van der Waals surface area contributed by atoms with Crippen molar-refractivity contribution in [3.8, 4) is 0 Å². The molecular formula is C20H32ClN3S. The van der Waals surface area contributed by atoms with Crippen LogP contribution in [0.5, 0.6) is 0 Å². The van der Waals surface area contributed by atoms with Crippen molar-refractivity contribution in [3.63, 3.8) is 0 Å². The summed E-state index contributed by atoms with van der Waals surface area (Å²) in [6.07, 6.45) is 9.97. The van der Waals surface area contributed by atoms with Gasteiger partial charge in [-0.15, -0.1) is 0 Å². The van der Waals surface area contributed by atoms with E-state index in [4.69, 9.17) is 17.3 Å². The lowest BCUT2D eigenvalue weighted by Gasteiger charge is -2.26. The molecule has 1 aromatic carbocycles. The molecule has 1 fully saturated rings. The van der Waals surface area contributed by atoms with Gasteiger partial charge in [0.2, 0.25) is 0 Å². The SMILES string of the molecule is NC(=NCCCCCc1ccc(Cl)cc1)SCCCN1CCCCC1. The van der Waals surface area contributed by atoms with Crippen LogP contribution in [0, 0.1) is 0 Å². The van der Waals surface area contributed by atoms with Crippen LogP contribution in [0.2, 0.25) is 5.02 Å². The van der Waals surface area contributed by atoms with Crippen LogP contribution >= 0.6 is 23.4 Å². The predicted octanol–water partition coefficient (Wildman–Crippen LogP) is 4.98. The lowest BCUT2D eigenvalue weighted by Crippen LogP contribution is -2.30. The third-order valence-corrected chi connectivity index (χ3v) is 5.79. The number of aryl methyl sites for hydroxylation is 1. The van der Waals surface area contributed by atoms with Crippen LogP contribution in [0.1, 0.15) is 50.5 Å². The van der Waals surface area contributed by atoms with E-state index >= 15 is 0 Å². The Morgan fingerprint density at radius 3 is 2.56 bits per heavy atom. The van der Waals surface area contributed by atoms with Gasteiger partial charge >= 0.3 is 0 Å². The monoisotopic (exact) mass is 381 g/mol. The van der Waals surface area contributed by atoms with Crippen LogP contribution in [0.4, 0.5) is 0 Å². The first-order valence-corrected chi connectivity index (χ1v) is 11.0. The molecule has 140 valence electrons. The molecule has 25 heavy (non-hydrogen) atoms. The number of unbranched alkanes of at least 4 members (excludes halogenated alkanes) is 2. The van der Waals surface area contributed by atoms with E-state index < -0.39 is 0 Å². The lowest BCUT2D eigenvalue weighted by atomic mass is 10.1. The Labute approximate surface area is 162 Å². The molecular weight excluding hydrogens is 350 g/mol. The third kappa shape index (κ3) is 9.53. The minimum absolute atomic E-state index is 0.761. The molecule has 0 unspecified atom stereocenters. The summed E-state index contributed by atoms with van der Waals surface area (Å²) in [7, 11) is 0. The van der Waals surface area contributed by atoms with E-state index in [-0.39, 0.29) is 0 Å². The van der Waals surface area contributed by atoms with E-state index in [2.05, 4.69) is 22.0 Å². The summed E-state index contributed by atoms with van der Waals surface area (Å²) >= 11 is 7.61. The second kappa shape index (κ2) is 12.6. The number of amidine groups is 1. The van der Waals surface area contributed by atoms with E-state index in [9.17, 15) is 0 Å². The highest BCUT2D eigenvalue weighted by Crippen LogP contribution is 2.13. The van der Waals surface area contributed by atoms with Crippen molar-refractivity contribution >= 4 is 28.5 Å². The molecule has 1 aromatic rings. The maximum Gasteiger partial charge on any atom is 0.153 e. The summed E-state index contributed by atoms with van der Waals surface area (Å²) in [5, 5.41) is 1.57. The van der Waals surface area contributed by atoms with Crippen LogP contribution in [-0.4, -0.2) is 42.0 Å². The normalized spacial score (nSPS) is 16.3. The zero-order valence-corrected chi connectivity index (χ0v) is 16.8. The number of halogens is 1. The van der Waals surface area contributed by atoms with E-state index in [1.807, 2.05) is 12.1 Å². The molecule has 1 aliphatic heterocycles. The molecule has 1 saturated heterocycles. The van der Waals surface area contributed by atoms with Gasteiger partial charge in [-0.05, 0) is 75.9 Å². The Hall–Kier alpha value is -0.710. The highest BCUT2D eigenvalue weighted by Gasteiger charge is 2.08. The van der Waals surface area contributed by atoms with Crippen LogP contribution in [0.15, 0.2) is 29.3 Å². The van der Waals surface area contributed by atoms with Crippen molar-refractivity contribution in [2.75, 3.05) is 31.9 Å². The Morgan fingerprint density at radius 1 is 1.04 bits per heavy atom. The summed E-state index contributed by atoms with van der Waals surface area (Å²) in [6, 6.07) is 8.15. The highest BCUT2D eigenvalue weighted by molar-refractivity contribution is 8.13. The average Bonchev–Trinajstić information content (AvgIpc) is 2.64. The molecule has 0 amide bonds. The van der Waals surface area contributed by atoms with Gasteiger partial charge in [-0.3, -0.25) is 4.99 Å². The Balaban J connectivity index is 1.44. The fourth-order valence-electron chi connectivity index (χ4n) is 3.15. The second-order valence-corrected chi connectivity index (χ2v) is 8.31. The fourth-order valence-corrected chi connectivity index (χ4v) is 3.94. The molecule has 0 radical (unpaired) electrons. The summed E-state index contributed by atoms with van der Waals surface area (Å²) in [4.78, 5) is 7.07. The van der Waals surface area contributed by atoms with Crippen molar-refractivity contribution in [1.82, 2.24) is 4.90 Å². The van der Waals surface area contributed by atoms with Gasteiger partial charge in [0.15, 0.2) is 5.17 Å². The van der Waals surface area contributed by atoms with Crippen LogP contribution in [0.3, 0.4) is 0 Å². The van der Waals surface area contributed by atoms with Crippen molar-refractivity contribution in [1.29, 1.82) is 0 Å². The molecule has 0 spiro atoms. The van der Waals surface area contributed by atoms with Crippen LogP contribution in [-0.2, 0) is 6.42 Å². The Morgan fingerprint density at radius 2 is 1.80 bits per heavy atom. The summed E-state index contributed by atoms with van der Waals surface area (Å²) in [5.41, 5.74) is 7.36. The van der Waals surface area contributed by atoms with Crippen molar-refractivity contribution in [3.05, 3.63) is 34.9 Å². The maximum atomic E-state index is 6.00. The number of rotatable bonds is 10. The molecule has 1 heterocycles. The second-order valence-electron chi connectivity index (χ2n) is 6.76. The van der Waals surface area contributed by atoms with Gasteiger partial charge < -0.3 is 10.6 Å². The van der Waals surface area contributed by atoms with Gasteiger partial charge in [0.05, 0.1) is 0 Å². The molecule has 2 N–H and O–H groups in total. The maximum absolute atomic E-state index is 6.00. The van der Waals surface area contributed by atoms with E-state index in [1.165, 1.54) is 63.7 Å². The molecule has 0 aliphatic carbocycles. The number of hydrogen-bond acceptors (Lipinski definition) is 3. The first kappa shape index (κ1) is 20.6. The Kier molecular flexibility index (Phi) is 10.4. The number of nitrogens with two attached hydrogens (primary N) is 1. The summed E-state index contributed by atoms with van der Waals surface area (Å²) < 4.78 is 0. The van der Waals surface area contributed by atoms with Gasteiger partial charge in [0.1, 0.15) is 0 Å². The number of hydrogen-bond donors (Lipinski definition) is 1. The van der Waals surface area contributed by atoms with E-state index in [0.29, 0.717) is 0 Å². The highest BCUT2D eigenvalue weighted by atomic mass is 35.5. The molecule has 3 nitrogen and oxygen atoms in total. The zero-order valence-electron chi connectivity index (χ0n) is 15.3. The number of aliphatic imine (C=N–C) groups is 1. The third-order valence-electron chi connectivity index (χ3n) is 4.62. The first-order chi connectivity index (χ1) is 12.2. The largest absolute Gasteiger partial charge is 0.379 e. The van der Waals surface area contributed by atoms with Gasteiger partial charge in [-0.25, -0.2) is 0 Å². The minimum Gasteiger partial charge on any atom is -0.379 e. The topological polar surface area (TPSA) is 41.6 Å². The molecule has 2 rings (SSSR count). The first-order valence-electron chi connectivity index (χ1n) is 9.63. The standard InChI is InChI=1S/C20H32ClN3S/c21-19-11-9-18(10-12-19)8-3-1-4-13-23-20(22)25-17-7-16-24-14-5-2-6-15-24/h9-12H,1-8,13-17H2,(H2,22,23). The quantitative estimate of drug-likeness (QED) is 0.353. The van der Waals surface area contributed by atoms with Gasteiger partial charge in [-0.2, -0.15) is 0 Å². The van der Waals surface area contributed by atoms with Crippen LogP contribution < -0.4 is 5.73 Å². The van der Waals surface area contributed by atoms with Crippen LogP contribution in [0.25, 0.3) is 0 Å². The van der Waals surface area contributed by atoms with Crippen molar-refractivity contribution in [2.45, 2.75) is 51.4 Å². The molecule has 1 aliphatic rings. The number of likely N-dealkylation sites (tertiary alicyclic amines) is 1. The van der Waals surface area contributed by atoms with Gasteiger partial charge in [0.25, 0.3) is 0 Å². The predicted molar refractivity (Wildman–Crippen MR) is 113 cm³/mol. The lowest BCUT2D eigenvalue weighted by molar-refractivity contribution is 0.230. The minimum atomic E-state index is 0.761. The molecule has 0 bridgehead atoms. The van der Waals surface area contributed by atoms with Crippen molar-refractivity contribution < 1.29 is 0 Å². The van der Waals surface area contributed by atoms with E-state index in [1.54, 1.807) is 11.8 Å². The summed E-state index contributed by atoms with van der Waals surface area (Å²) in [6.45, 7) is 4.63. The summed E-state index contributed by atoms with van der Waals surface area (Å²) in [5.74, 6) is 1.09. The number of thioether (sulfide) groups is 1.